The number of rotatable bonds is 4. The summed E-state index contributed by atoms with van der Waals surface area (Å²) in [6.07, 6.45) is 2.61. The van der Waals surface area contributed by atoms with E-state index in [0.717, 1.165) is 6.29 Å². The largest absolute Gasteiger partial charge is 0.296 e. The Labute approximate surface area is 76.6 Å². The zero-order valence-corrected chi connectivity index (χ0v) is 7.83. The highest BCUT2D eigenvalue weighted by atomic mass is 19.1. The average Bonchev–Trinajstić information content (AvgIpc) is 2.46. The number of alkyl halides is 1. The van der Waals surface area contributed by atoms with Crippen LogP contribution in [0.2, 0.25) is 0 Å². The van der Waals surface area contributed by atoms with E-state index in [2.05, 4.69) is 5.10 Å². The Morgan fingerprint density at radius 2 is 2.38 bits per heavy atom. The van der Waals surface area contributed by atoms with Gasteiger partial charge in [0.15, 0.2) is 6.29 Å². The Kier molecular flexibility index (Phi) is 2.80. The van der Waals surface area contributed by atoms with E-state index in [1.165, 1.54) is 24.7 Å². The van der Waals surface area contributed by atoms with E-state index in [1.807, 2.05) is 0 Å². The zero-order chi connectivity index (χ0) is 9.90. The minimum atomic E-state index is -1.22. The van der Waals surface area contributed by atoms with E-state index in [4.69, 9.17) is 0 Å². The third-order valence-corrected chi connectivity index (χ3v) is 1.79. The van der Waals surface area contributed by atoms with Gasteiger partial charge in [-0.25, -0.2) is 4.39 Å². The van der Waals surface area contributed by atoms with Crippen LogP contribution in [0.3, 0.4) is 0 Å². The fourth-order valence-corrected chi connectivity index (χ4v) is 1.00. The molecule has 1 rings (SSSR count). The molecule has 0 aromatic carbocycles. The molecular weight excluding hydrogens is 171 g/mol. The maximum Gasteiger partial charge on any atom is 0.168 e. The van der Waals surface area contributed by atoms with Crippen LogP contribution in [0.5, 0.6) is 0 Å². The van der Waals surface area contributed by atoms with Gasteiger partial charge in [0.05, 0.1) is 0 Å². The predicted molar refractivity (Wildman–Crippen MR) is 47.4 cm³/mol. The molecule has 0 saturated heterocycles. The van der Waals surface area contributed by atoms with Gasteiger partial charge in [0.2, 0.25) is 0 Å². The summed E-state index contributed by atoms with van der Waals surface area (Å²) in [6, 6.07) is 1.61. The third-order valence-electron chi connectivity index (χ3n) is 1.79. The Balaban J connectivity index is 2.59. The highest BCUT2D eigenvalue weighted by Crippen LogP contribution is 2.14. The van der Waals surface area contributed by atoms with E-state index in [-0.39, 0.29) is 0 Å². The second kappa shape index (κ2) is 3.68. The second-order valence-corrected chi connectivity index (χ2v) is 3.57. The van der Waals surface area contributed by atoms with Gasteiger partial charge in [-0.1, -0.05) is 0 Å². The first-order valence-electron chi connectivity index (χ1n) is 4.19. The number of aryl methyl sites for hydroxylation is 1. The minimum Gasteiger partial charge on any atom is -0.296 e. The number of nitrogens with zero attached hydrogens (tertiary/aromatic N) is 2. The molecule has 1 heterocycles. The smallest absolute Gasteiger partial charge is 0.168 e. The molecule has 72 valence electrons. The van der Waals surface area contributed by atoms with Crippen molar-refractivity contribution in [3.8, 4) is 0 Å². The molecule has 0 N–H and O–H groups in total. The van der Waals surface area contributed by atoms with E-state index >= 15 is 0 Å². The molecule has 1 aromatic heterocycles. The van der Waals surface area contributed by atoms with Gasteiger partial charge >= 0.3 is 0 Å². The number of aromatic nitrogens is 2. The van der Waals surface area contributed by atoms with Crippen LogP contribution in [0.1, 0.15) is 30.8 Å². The first-order valence-corrected chi connectivity index (χ1v) is 4.19. The van der Waals surface area contributed by atoms with E-state index in [0.29, 0.717) is 18.7 Å². The van der Waals surface area contributed by atoms with Gasteiger partial charge in [-0.15, -0.1) is 0 Å². The predicted octanol–water partition coefficient (Wildman–Crippen LogP) is 1.83. The lowest BCUT2D eigenvalue weighted by atomic mass is 10.1. The molecule has 13 heavy (non-hydrogen) atoms. The van der Waals surface area contributed by atoms with Gasteiger partial charge in [0, 0.05) is 19.2 Å². The van der Waals surface area contributed by atoms with Crippen molar-refractivity contribution in [1.29, 1.82) is 0 Å². The van der Waals surface area contributed by atoms with Crippen LogP contribution in [-0.2, 0) is 6.54 Å². The van der Waals surface area contributed by atoms with Gasteiger partial charge in [0.1, 0.15) is 11.4 Å². The summed E-state index contributed by atoms with van der Waals surface area (Å²) in [5, 5.41) is 3.91. The highest BCUT2D eigenvalue weighted by Gasteiger charge is 2.15. The van der Waals surface area contributed by atoms with Crippen molar-refractivity contribution in [2.45, 2.75) is 32.5 Å². The first-order chi connectivity index (χ1) is 6.03. The maximum absolute atomic E-state index is 13.1. The lowest BCUT2D eigenvalue weighted by Gasteiger charge is -2.13. The quantitative estimate of drug-likeness (QED) is 0.669. The van der Waals surface area contributed by atoms with Crippen LogP contribution in [-0.4, -0.2) is 21.7 Å². The fraction of sp³-hybridized carbons (Fsp3) is 0.556. The average molecular weight is 184 g/mol. The SMILES string of the molecule is CC(C)(F)CCn1nccc1C=O. The Bertz CT molecular complexity index is 288. The van der Waals surface area contributed by atoms with E-state index < -0.39 is 5.67 Å². The van der Waals surface area contributed by atoms with Crippen molar-refractivity contribution in [3.63, 3.8) is 0 Å². The summed E-state index contributed by atoms with van der Waals surface area (Å²) in [4.78, 5) is 10.5. The summed E-state index contributed by atoms with van der Waals surface area (Å²) in [5.74, 6) is 0. The number of halogens is 1. The van der Waals surface area contributed by atoms with Crippen LogP contribution < -0.4 is 0 Å². The monoisotopic (exact) mass is 184 g/mol. The summed E-state index contributed by atoms with van der Waals surface area (Å²) >= 11 is 0. The first kappa shape index (κ1) is 9.89. The Morgan fingerprint density at radius 1 is 1.69 bits per heavy atom. The van der Waals surface area contributed by atoms with Crippen LogP contribution in [0.25, 0.3) is 0 Å². The minimum absolute atomic E-state index is 0.357. The molecule has 0 amide bonds. The Morgan fingerprint density at radius 3 is 2.92 bits per heavy atom. The second-order valence-electron chi connectivity index (χ2n) is 3.57. The molecule has 0 unspecified atom stereocenters. The van der Waals surface area contributed by atoms with Gasteiger partial charge in [0.25, 0.3) is 0 Å². The number of hydrogen-bond donors (Lipinski definition) is 0. The fourth-order valence-electron chi connectivity index (χ4n) is 1.00. The van der Waals surface area contributed by atoms with Crippen molar-refractivity contribution < 1.29 is 9.18 Å². The molecule has 4 heteroatoms. The summed E-state index contributed by atoms with van der Waals surface area (Å²) < 4.78 is 14.6. The summed E-state index contributed by atoms with van der Waals surface area (Å²) in [6.45, 7) is 3.46. The van der Waals surface area contributed by atoms with Gasteiger partial charge in [-0.2, -0.15) is 5.10 Å². The highest BCUT2D eigenvalue weighted by molar-refractivity contribution is 5.71. The van der Waals surface area contributed by atoms with Crippen molar-refractivity contribution in [2.75, 3.05) is 0 Å². The van der Waals surface area contributed by atoms with Crippen molar-refractivity contribution >= 4 is 6.29 Å². The van der Waals surface area contributed by atoms with Gasteiger partial charge < -0.3 is 0 Å². The van der Waals surface area contributed by atoms with Crippen molar-refractivity contribution in [2.24, 2.45) is 0 Å². The summed E-state index contributed by atoms with van der Waals surface area (Å²) in [5.41, 5.74) is -0.726. The summed E-state index contributed by atoms with van der Waals surface area (Å²) in [7, 11) is 0. The molecule has 0 aliphatic rings. The molecule has 0 aliphatic heterocycles. The van der Waals surface area contributed by atoms with Gasteiger partial charge in [-0.3, -0.25) is 9.48 Å². The van der Waals surface area contributed by atoms with Crippen LogP contribution >= 0.6 is 0 Å². The number of carbonyl (C=O) groups is 1. The van der Waals surface area contributed by atoms with E-state index in [9.17, 15) is 9.18 Å². The molecular formula is C9H13FN2O. The lowest BCUT2D eigenvalue weighted by molar-refractivity contribution is 0.111. The third kappa shape index (κ3) is 2.97. The molecule has 0 saturated carbocycles. The molecule has 0 fully saturated rings. The topological polar surface area (TPSA) is 34.9 Å². The van der Waals surface area contributed by atoms with Crippen LogP contribution in [0, 0.1) is 0 Å². The molecule has 1 aromatic rings. The molecule has 0 atom stereocenters. The molecule has 0 aliphatic carbocycles. The molecule has 3 nitrogen and oxygen atoms in total. The molecule has 0 bridgehead atoms. The number of hydrogen-bond acceptors (Lipinski definition) is 2. The zero-order valence-electron chi connectivity index (χ0n) is 7.83. The van der Waals surface area contributed by atoms with E-state index in [1.54, 1.807) is 6.07 Å². The number of aldehydes is 1. The molecule has 0 spiro atoms. The normalized spacial score (nSPS) is 11.6. The van der Waals surface area contributed by atoms with Crippen LogP contribution in [0.4, 0.5) is 4.39 Å². The van der Waals surface area contributed by atoms with Crippen molar-refractivity contribution in [1.82, 2.24) is 9.78 Å². The molecule has 0 radical (unpaired) electrons. The number of carbonyl (C=O) groups excluding carboxylic acids is 1. The lowest BCUT2D eigenvalue weighted by Crippen LogP contribution is -2.17. The van der Waals surface area contributed by atoms with Crippen molar-refractivity contribution in [3.05, 3.63) is 18.0 Å². The standard InChI is InChI=1S/C9H13FN2O/c1-9(2,10)4-6-12-8(7-13)3-5-11-12/h3,5,7H,4,6H2,1-2H3. The Hall–Kier alpha value is -1.19. The van der Waals surface area contributed by atoms with Gasteiger partial charge in [-0.05, 0) is 19.9 Å². The van der Waals surface area contributed by atoms with Crippen LogP contribution in [0.15, 0.2) is 12.3 Å². The maximum atomic E-state index is 13.1.